The van der Waals surface area contributed by atoms with Crippen LogP contribution in [0.15, 0.2) is 60.7 Å². The zero-order valence-corrected chi connectivity index (χ0v) is 26.8. The first kappa shape index (κ1) is 33.3. The van der Waals surface area contributed by atoms with E-state index in [1.54, 1.807) is 18.2 Å². The summed E-state index contributed by atoms with van der Waals surface area (Å²) in [5.74, 6) is -1.10. The summed E-state index contributed by atoms with van der Waals surface area (Å²) >= 11 is 31.5. The highest BCUT2D eigenvalue weighted by Gasteiger charge is 2.34. The van der Waals surface area contributed by atoms with E-state index in [1.807, 2.05) is 37.3 Å². The van der Waals surface area contributed by atoms with E-state index in [4.69, 9.17) is 58.0 Å². The van der Waals surface area contributed by atoms with Gasteiger partial charge in [0.25, 0.3) is 0 Å². The largest absolute Gasteiger partial charge is 0.354 e. The molecule has 220 valence electrons. The monoisotopic (exact) mass is 677 g/mol. The molecule has 0 aliphatic rings. The molecule has 0 unspecified atom stereocenters. The van der Waals surface area contributed by atoms with Crippen LogP contribution in [-0.2, 0) is 32.6 Å². The topological polar surface area (TPSA) is 86.8 Å². The molecule has 2 amide bonds. The van der Waals surface area contributed by atoms with Crippen molar-refractivity contribution in [3.8, 4) is 0 Å². The molecule has 0 radical (unpaired) electrons. The molecule has 0 aliphatic carbocycles. The quantitative estimate of drug-likeness (QED) is 0.212. The van der Waals surface area contributed by atoms with E-state index in [-0.39, 0.29) is 43.8 Å². The number of nitrogens with one attached hydrogen (secondary N) is 1. The van der Waals surface area contributed by atoms with Crippen LogP contribution >= 0.6 is 58.0 Å². The third-order valence-electron chi connectivity index (χ3n) is 6.15. The zero-order valence-electron chi connectivity index (χ0n) is 22.2. The molecule has 0 aromatic heterocycles. The van der Waals surface area contributed by atoms with Crippen molar-refractivity contribution in [3.05, 3.63) is 96.9 Å². The van der Waals surface area contributed by atoms with Crippen LogP contribution in [-0.4, -0.2) is 50.5 Å². The first-order valence-electron chi connectivity index (χ1n) is 12.5. The van der Waals surface area contributed by atoms with Gasteiger partial charge in [-0.2, -0.15) is 0 Å². The molecule has 0 bridgehead atoms. The molecule has 0 heterocycles. The van der Waals surface area contributed by atoms with Gasteiger partial charge in [0.1, 0.15) is 12.6 Å². The van der Waals surface area contributed by atoms with Crippen molar-refractivity contribution in [2.45, 2.75) is 32.4 Å². The van der Waals surface area contributed by atoms with Gasteiger partial charge in [-0.15, -0.1) is 0 Å². The van der Waals surface area contributed by atoms with Gasteiger partial charge in [0.2, 0.25) is 21.8 Å². The molecule has 3 aromatic rings. The van der Waals surface area contributed by atoms with Crippen LogP contribution in [0.1, 0.15) is 24.5 Å². The Labute approximate surface area is 265 Å². The molecule has 0 aliphatic heterocycles. The zero-order chi connectivity index (χ0) is 30.3. The predicted octanol–water partition coefficient (Wildman–Crippen LogP) is 6.89. The highest BCUT2D eigenvalue weighted by Crippen LogP contribution is 2.36. The Balaban J connectivity index is 2.13. The minimum atomic E-state index is -4.06. The second-order valence-electron chi connectivity index (χ2n) is 9.21. The number of amides is 2. The van der Waals surface area contributed by atoms with Gasteiger partial charge in [0, 0.05) is 35.1 Å². The smallest absolute Gasteiger partial charge is 0.244 e. The molecule has 0 saturated carbocycles. The molecule has 1 N–H and O–H groups in total. The molecule has 3 aromatic carbocycles. The highest BCUT2D eigenvalue weighted by atomic mass is 35.5. The van der Waals surface area contributed by atoms with Gasteiger partial charge in [-0.3, -0.25) is 13.9 Å². The summed E-state index contributed by atoms with van der Waals surface area (Å²) in [6, 6.07) is 15.6. The SMILES string of the molecule is CCCNC(=O)[C@H](Cc1ccccc1)N(Cc1c(Cl)cccc1Cl)C(=O)CN(c1cc(Cl)c(Cl)cc1Cl)S(C)(=O)=O. The Bertz CT molecular complexity index is 1490. The fraction of sp³-hybridized carbons (Fsp3) is 0.286. The molecule has 41 heavy (non-hydrogen) atoms. The van der Waals surface area contributed by atoms with Gasteiger partial charge in [0.15, 0.2) is 0 Å². The van der Waals surface area contributed by atoms with Crippen LogP contribution in [0.5, 0.6) is 0 Å². The summed E-state index contributed by atoms with van der Waals surface area (Å²) in [6.45, 7) is 1.43. The first-order chi connectivity index (χ1) is 19.3. The second kappa shape index (κ2) is 14.8. The number of carbonyl (C=O) groups excluding carboxylic acids is 2. The lowest BCUT2D eigenvalue weighted by atomic mass is 10.0. The van der Waals surface area contributed by atoms with E-state index < -0.39 is 34.4 Å². The minimum Gasteiger partial charge on any atom is -0.354 e. The van der Waals surface area contributed by atoms with Crippen LogP contribution in [0.2, 0.25) is 25.1 Å². The lowest BCUT2D eigenvalue weighted by Crippen LogP contribution is -2.53. The predicted molar refractivity (Wildman–Crippen MR) is 168 cm³/mol. The normalized spacial score (nSPS) is 12.1. The number of anilines is 1. The Morgan fingerprint density at radius 2 is 1.46 bits per heavy atom. The van der Waals surface area contributed by atoms with Crippen LogP contribution in [0, 0.1) is 0 Å². The second-order valence-corrected chi connectivity index (χ2v) is 13.1. The number of halogens is 5. The van der Waals surface area contributed by atoms with Gasteiger partial charge < -0.3 is 10.2 Å². The van der Waals surface area contributed by atoms with Gasteiger partial charge in [-0.1, -0.05) is 101 Å². The Morgan fingerprint density at radius 3 is 2.05 bits per heavy atom. The Morgan fingerprint density at radius 1 is 0.854 bits per heavy atom. The summed E-state index contributed by atoms with van der Waals surface area (Å²) in [7, 11) is -4.06. The Kier molecular flexibility index (Phi) is 12.0. The number of hydrogen-bond donors (Lipinski definition) is 1. The average Bonchev–Trinajstić information content (AvgIpc) is 2.91. The van der Waals surface area contributed by atoms with Crippen LogP contribution in [0.25, 0.3) is 0 Å². The van der Waals surface area contributed by atoms with Gasteiger partial charge in [-0.25, -0.2) is 8.42 Å². The average molecular weight is 680 g/mol. The molecule has 13 heteroatoms. The van der Waals surface area contributed by atoms with Crippen LogP contribution in [0.4, 0.5) is 5.69 Å². The summed E-state index contributed by atoms with van der Waals surface area (Å²) in [4.78, 5) is 29.0. The summed E-state index contributed by atoms with van der Waals surface area (Å²) in [5, 5.41) is 3.57. The van der Waals surface area contributed by atoms with E-state index in [9.17, 15) is 18.0 Å². The highest BCUT2D eigenvalue weighted by molar-refractivity contribution is 7.92. The lowest BCUT2D eigenvalue weighted by Gasteiger charge is -2.34. The molecule has 0 saturated heterocycles. The molecule has 0 fully saturated rings. The van der Waals surface area contributed by atoms with E-state index >= 15 is 0 Å². The van der Waals surface area contributed by atoms with Crippen LogP contribution in [0.3, 0.4) is 0 Å². The molecular weight excluding hydrogens is 652 g/mol. The van der Waals surface area contributed by atoms with E-state index in [0.29, 0.717) is 18.5 Å². The van der Waals surface area contributed by atoms with Crippen molar-refractivity contribution in [1.29, 1.82) is 0 Å². The summed E-state index contributed by atoms with van der Waals surface area (Å²) in [5.41, 5.74) is 1.16. The number of sulfonamides is 1. The maximum Gasteiger partial charge on any atom is 0.244 e. The van der Waals surface area contributed by atoms with E-state index in [0.717, 1.165) is 16.1 Å². The van der Waals surface area contributed by atoms with Crippen molar-refractivity contribution in [1.82, 2.24) is 10.2 Å². The number of hydrogen-bond acceptors (Lipinski definition) is 4. The third-order valence-corrected chi connectivity index (χ3v) is 9.01. The molecule has 3 rings (SSSR count). The maximum atomic E-state index is 14.1. The fourth-order valence-electron chi connectivity index (χ4n) is 4.07. The summed E-state index contributed by atoms with van der Waals surface area (Å²) in [6.07, 6.45) is 1.76. The van der Waals surface area contributed by atoms with Gasteiger partial charge >= 0.3 is 0 Å². The van der Waals surface area contributed by atoms with Crippen molar-refractivity contribution < 1.29 is 18.0 Å². The third kappa shape index (κ3) is 8.89. The number of carbonyl (C=O) groups is 2. The van der Waals surface area contributed by atoms with E-state index in [1.165, 1.54) is 17.0 Å². The maximum absolute atomic E-state index is 14.1. The summed E-state index contributed by atoms with van der Waals surface area (Å²) < 4.78 is 26.7. The molecular formula is C28H28Cl5N3O4S. The minimum absolute atomic E-state index is 0.0279. The van der Waals surface area contributed by atoms with Gasteiger partial charge in [0.05, 0.1) is 27.0 Å². The van der Waals surface area contributed by atoms with Crippen molar-refractivity contribution in [3.63, 3.8) is 0 Å². The van der Waals surface area contributed by atoms with Crippen molar-refractivity contribution in [2.24, 2.45) is 0 Å². The van der Waals surface area contributed by atoms with Crippen molar-refractivity contribution in [2.75, 3.05) is 23.7 Å². The van der Waals surface area contributed by atoms with Crippen molar-refractivity contribution >= 4 is 85.5 Å². The fourth-order valence-corrected chi connectivity index (χ4v) is 6.14. The number of rotatable bonds is 12. The molecule has 0 spiro atoms. The number of benzene rings is 3. The van der Waals surface area contributed by atoms with Gasteiger partial charge in [-0.05, 0) is 36.2 Å². The standard InChI is InChI=1S/C28H28Cl5N3O4S/c1-3-12-34-28(38)26(13-18-8-5-4-6-9-18)35(16-19-20(29)10-7-11-21(19)30)27(37)17-36(41(2,39)40)25-15-23(32)22(31)14-24(25)33/h4-11,14-15,26H,3,12-13,16-17H2,1-2H3,(H,34,38)/t26-/m0/s1. The number of nitrogens with zero attached hydrogens (tertiary/aromatic N) is 2. The molecule has 7 nitrogen and oxygen atoms in total. The van der Waals surface area contributed by atoms with E-state index in [2.05, 4.69) is 5.32 Å². The first-order valence-corrected chi connectivity index (χ1v) is 16.2. The molecule has 1 atom stereocenters. The lowest BCUT2D eigenvalue weighted by molar-refractivity contribution is -0.140. The van der Waals surface area contributed by atoms with Crippen LogP contribution < -0.4 is 9.62 Å². The Hall–Kier alpha value is -2.20.